The fourth-order valence-electron chi connectivity index (χ4n) is 2.02. The van der Waals surface area contributed by atoms with Gasteiger partial charge in [0.2, 0.25) is 0 Å². The Morgan fingerprint density at radius 2 is 1.71 bits per heavy atom. The van der Waals surface area contributed by atoms with Crippen molar-refractivity contribution in [2.24, 2.45) is 0 Å². The summed E-state index contributed by atoms with van der Waals surface area (Å²) in [5.41, 5.74) is 4.61. The number of halogens is 1. The second-order valence-electron chi connectivity index (χ2n) is 4.58. The van der Waals surface area contributed by atoms with Crippen LogP contribution in [0, 0.1) is 0 Å². The molecule has 0 saturated carbocycles. The molecule has 0 aliphatic heterocycles. The molecule has 0 radical (unpaired) electrons. The van der Waals surface area contributed by atoms with Crippen molar-refractivity contribution in [2.75, 3.05) is 5.32 Å². The highest BCUT2D eigenvalue weighted by Gasteiger charge is 2.04. The van der Waals surface area contributed by atoms with E-state index in [-0.39, 0.29) is 17.0 Å². The minimum atomic E-state index is 0. The van der Waals surface area contributed by atoms with Crippen molar-refractivity contribution in [1.29, 1.82) is 0 Å². The molecule has 3 rings (SSSR count). The van der Waals surface area contributed by atoms with Crippen LogP contribution in [0.5, 0.6) is 0 Å². The molecule has 108 valence electrons. The lowest BCUT2D eigenvalue weighted by atomic mass is 10.1. The van der Waals surface area contributed by atoms with Gasteiger partial charge in [-0.2, -0.15) is 0 Å². The summed E-state index contributed by atoms with van der Waals surface area (Å²) < 4.78 is 0. The highest BCUT2D eigenvalue weighted by atomic mass is 79.9. The molecule has 0 spiro atoms. The van der Waals surface area contributed by atoms with Crippen molar-refractivity contribution in [1.82, 2.24) is 4.98 Å². The Hall–Kier alpha value is -1.65. The zero-order valence-corrected chi connectivity index (χ0v) is 14.3. The molecule has 0 aliphatic carbocycles. The monoisotopic (exact) mass is 360 g/mol. The Balaban J connectivity index is 0.00000161. The normalized spacial score (nSPS) is 9.95. The lowest BCUT2D eigenvalue weighted by Gasteiger charge is -2.01. The van der Waals surface area contributed by atoms with Gasteiger partial charge in [0.1, 0.15) is 0 Å². The standard InChI is InChI=1S/C17H16N2S.BrH/c1-2-13-8-10-14(11-9-13)16-12-20-17(19-16)18-15-6-4-3-5-7-15;/h3-12H,2H2,1H3,(H,18,19);1H. The van der Waals surface area contributed by atoms with Gasteiger partial charge in [0.25, 0.3) is 0 Å². The summed E-state index contributed by atoms with van der Waals surface area (Å²) in [4.78, 5) is 4.64. The van der Waals surface area contributed by atoms with Crippen molar-refractivity contribution >= 4 is 39.1 Å². The molecule has 1 heterocycles. The minimum absolute atomic E-state index is 0. The zero-order chi connectivity index (χ0) is 13.8. The highest BCUT2D eigenvalue weighted by molar-refractivity contribution is 8.93. The molecule has 3 aromatic rings. The van der Waals surface area contributed by atoms with Gasteiger partial charge in [-0.25, -0.2) is 4.98 Å². The lowest BCUT2D eigenvalue weighted by molar-refractivity contribution is 1.14. The number of para-hydroxylation sites is 1. The second kappa shape index (κ2) is 7.38. The Labute approximate surface area is 139 Å². The van der Waals surface area contributed by atoms with E-state index in [1.165, 1.54) is 11.1 Å². The predicted molar refractivity (Wildman–Crippen MR) is 97.0 cm³/mol. The van der Waals surface area contributed by atoms with Crippen LogP contribution in [0.2, 0.25) is 0 Å². The van der Waals surface area contributed by atoms with Crippen LogP contribution in [0.15, 0.2) is 60.0 Å². The minimum Gasteiger partial charge on any atom is -0.332 e. The van der Waals surface area contributed by atoms with Crippen molar-refractivity contribution in [3.8, 4) is 11.3 Å². The Bertz CT molecular complexity index is 678. The number of anilines is 2. The van der Waals surface area contributed by atoms with Crippen molar-refractivity contribution in [3.05, 3.63) is 65.5 Å². The van der Waals surface area contributed by atoms with Gasteiger partial charge in [0.15, 0.2) is 5.13 Å². The topological polar surface area (TPSA) is 24.9 Å². The summed E-state index contributed by atoms with van der Waals surface area (Å²) in [7, 11) is 0. The SMILES string of the molecule is Br.CCc1ccc(-c2csc(Nc3ccccc3)n2)cc1. The number of aryl methyl sites for hydroxylation is 1. The molecule has 2 aromatic carbocycles. The van der Waals surface area contributed by atoms with Gasteiger partial charge >= 0.3 is 0 Å². The highest BCUT2D eigenvalue weighted by Crippen LogP contribution is 2.27. The third-order valence-corrected chi connectivity index (χ3v) is 3.94. The first-order valence-electron chi connectivity index (χ1n) is 6.72. The van der Waals surface area contributed by atoms with E-state index in [0.717, 1.165) is 22.9 Å². The number of nitrogens with one attached hydrogen (secondary N) is 1. The van der Waals surface area contributed by atoms with Crippen molar-refractivity contribution < 1.29 is 0 Å². The first kappa shape index (κ1) is 15.7. The van der Waals surface area contributed by atoms with E-state index >= 15 is 0 Å². The number of hydrogen-bond donors (Lipinski definition) is 1. The molecule has 0 amide bonds. The second-order valence-corrected chi connectivity index (χ2v) is 5.44. The van der Waals surface area contributed by atoms with E-state index in [0.29, 0.717) is 0 Å². The maximum atomic E-state index is 4.64. The van der Waals surface area contributed by atoms with Crippen LogP contribution in [-0.4, -0.2) is 4.98 Å². The Kier molecular flexibility index (Phi) is 5.53. The summed E-state index contributed by atoms with van der Waals surface area (Å²) in [6.45, 7) is 2.17. The maximum Gasteiger partial charge on any atom is 0.187 e. The molecule has 0 bridgehead atoms. The van der Waals surface area contributed by atoms with Crippen molar-refractivity contribution in [2.45, 2.75) is 13.3 Å². The largest absolute Gasteiger partial charge is 0.332 e. The van der Waals surface area contributed by atoms with Gasteiger partial charge in [-0.1, -0.05) is 49.4 Å². The molecule has 4 heteroatoms. The van der Waals surface area contributed by atoms with E-state index in [9.17, 15) is 0 Å². The summed E-state index contributed by atoms with van der Waals surface area (Å²) in [5, 5.41) is 6.34. The molecule has 1 N–H and O–H groups in total. The number of aromatic nitrogens is 1. The van der Waals surface area contributed by atoms with Crippen LogP contribution in [0.3, 0.4) is 0 Å². The molecule has 0 aliphatic rings. The van der Waals surface area contributed by atoms with E-state index in [1.54, 1.807) is 11.3 Å². The van der Waals surface area contributed by atoms with Crippen molar-refractivity contribution in [3.63, 3.8) is 0 Å². The van der Waals surface area contributed by atoms with E-state index in [4.69, 9.17) is 0 Å². The van der Waals surface area contributed by atoms with Crippen LogP contribution in [0.25, 0.3) is 11.3 Å². The smallest absolute Gasteiger partial charge is 0.187 e. The predicted octanol–water partition coefficient (Wildman–Crippen LogP) is 5.69. The number of nitrogens with zero attached hydrogens (tertiary/aromatic N) is 1. The molecule has 0 atom stereocenters. The molecule has 2 nitrogen and oxygen atoms in total. The van der Waals surface area contributed by atoms with Gasteiger partial charge in [-0.3, -0.25) is 0 Å². The molecule has 21 heavy (non-hydrogen) atoms. The van der Waals surface area contributed by atoms with E-state index in [1.807, 2.05) is 30.3 Å². The Morgan fingerprint density at radius 1 is 1.00 bits per heavy atom. The summed E-state index contributed by atoms with van der Waals surface area (Å²) in [6.07, 6.45) is 1.07. The van der Waals surface area contributed by atoms with Gasteiger partial charge in [-0.15, -0.1) is 28.3 Å². The molecule has 1 aromatic heterocycles. The fourth-order valence-corrected chi connectivity index (χ4v) is 2.76. The van der Waals surface area contributed by atoms with Crippen LogP contribution in [-0.2, 0) is 6.42 Å². The van der Waals surface area contributed by atoms with Crippen LogP contribution in [0.1, 0.15) is 12.5 Å². The average molecular weight is 361 g/mol. The number of hydrogen-bond acceptors (Lipinski definition) is 3. The Morgan fingerprint density at radius 3 is 2.38 bits per heavy atom. The molecule has 0 saturated heterocycles. The molecular formula is C17H17BrN2S. The molecule has 0 fully saturated rings. The fraction of sp³-hybridized carbons (Fsp3) is 0.118. The first-order valence-corrected chi connectivity index (χ1v) is 7.60. The van der Waals surface area contributed by atoms with Crippen LogP contribution >= 0.6 is 28.3 Å². The summed E-state index contributed by atoms with van der Waals surface area (Å²) >= 11 is 1.63. The summed E-state index contributed by atoms with van der Waals surface area (Å²) in [5.74, 6) is 0. The van der Waals surface area contributed by atoms with Gasteiger partial charge in [0, 0.05) is 16.6 Å². The third kappa shape index (κ3) is 3.93. The van der Waals surface area contributed by atoms with Crippen LogP contribution < -0.4 is 5.32 Å². The van der Waals surface area contributed by atoms with Gasteiger partial charge in [0.05, 0.1) is 5.69 Å². The number of rotatable bonds is 4. The maximum absolute atomic E-state index is 4.64. The number of thiazole rings is 1. The number of benzene rings is 2. The van der Waals surface area contributed by atoms with E-state index in [2.05, 4.69) is 46.9 Å². The van der Waals surface area contributed by atoms with E-state index < -0.39 is 0 Å². The lowest BCUT2D eigenvalue weighted by Crippen LogP contribution is -1.88. The third-order valence-electron chi connectivity index (χ3n) is 3.19. The molecular weight excluding hydrogens is 344 g/mol. The van der Waals surface area contributed by atoms with Crippen LogP contribution in [0.4, 0.5) is 10.8 Å². The summed E-state index contributed by atoms with van der Waals surface area (Å²) in [6, 6.07) is 18.7. The molecule has 0 unspecified atom stereocenters. The quantitative estimate of drug-likeness (QED) is 0.645. The first-order chi connectivity index (χ1) is 9.85. The average Bonchev–Trinajstić information content (AvgIpc) is 2.97. The van der Waals surface area contributed by atoms with Gasteiger partial charge in [-0.05, 0) is 24.1 Å². The van der Waals surface area contributed by atoms with Gasteiger partial charge < -0.3 is 5.32 Å². The zero-order valence-electron chi connectivity index (χ0n) is 11.7.